The summed E-state index contributed by atoms with van der Waals surface area (Å²) < 4.78 is 0. The van der Waals surface area contributed by atoms with E-state index in [0.29, 0.717) is 12.8 Å². The third-order valence-electron chi connectivity index (χ3n) is 4.38. The highest BCUT2D eigenvalue weighted by Gasteiger charge is 2.63. The van der Waals surface area contributed by atoms with Gasteiger partial charge in [-0.2, -0.15) is 0 Å². The predicted molar refractivity (Wildman–Crippen MR) is 50.7 cm³/mol. The van der Waals surface area contributed by atoms with Crippen molar-refractivity contribution in [3.63, 3.8) is 0 Å². The van der Waals surface area contributed by atoms with Gasteiger partial charge in [-0.15, -0.1) is 0 Å². The Morgan fingerprint density at radius 1 is 1.36 bits per heavy atom. The number of rotatable bonds is 0. The van der Waals surface area contributed by atoms with Crippen LogP contribution in [0, 0.1) is 10.8 Å². The zero-order valence-corrected chi connectivity index (χ0v) is 8.67. The van der Waals surface area contributed by atoms with E-state index < -0.39 is 11.5 Å². The Hall–Kier alpha value is -0.700. The summed E-state index contributed by atoms with van der Waals surface area (Å²) >= 11 is 0. The monoisotopic (exact) mass is 196 g/mol. The smallest absolute Gasteiger partial charge is 0.162 e. The van der Waals surface area contributed by atoms with Gasteiger partial charge in [0.05, 0.1) is 5.41 Å². The van der Waals surface area contributed by atoms with Crippen LogP contribution < -0.4 is 0 Å². The number of carbonyl (C=O) groups excluding carboxylic acids is 2. The minimum atomic E-state index is -1.07. The Morgan fingerprint density at radius 2 is 2.00 bits per heavy atom. The van der Waals surface area contributed by atoms with Crippen molar-refractivity contribution in [2.45, 2.75) is 45.6 Å². The molecule has 3 nitrogen and oxygen atoms in total. The van der Waals surface area contributed by atoms with Crippen LogP contribution in [0.15, 0.2) is 0 Å². The van der Waals surface area contributed by atoms with Gasteiger partial charge in [0.2, 0.25) is 0 Å². The van der Waals surface area contributed by atoms with Gasteiger partial charge in [-0.25, -0.2) is 0 Å². The second-order valence-electron chi connectivity index (χ2n) is 5.09. The summed E-state index contributed by atoms with van der Waals surface area (Å²) in [7, 11) is 0. The van der Waals surface area contributed by atoms with Gasteiger partial charge in [0.15, 0.2) is 5.78 Å². The number of aliphatic hydroxyl groups is 1. The Bertz CT molecular complexity index is 310. The van der Waals surface area contributed by atoms with Crippen molar-refractivity contribution in [3.05, 3.63) is 0 Å². The maximum absolute atomic E-state index is 11.8. The van der Waals surface area contributed by atoms with E-state index in [-0.39, 0.29) is 17.0 Å². The highest BCUT2D eigenvalue weighted by atomic mass is 16.3. The van der Waals surface area contributed by atoms with Gasteiger partial charge >= 0.3 is 0 Å². The maximum Gasteiger partial charge on any atom is 0.162 e. The molecular weight excluding hydrogens is 180 g/mol. The van der Waals surface area contributed by atoms with E-state index in [1.54, 1.807) is 6.92 Å². The molecule has 0 aromatic carbocycles. The molecule has 2 aliphatic carbocycles. The van der Waals surface area contributed by atoms with Gasteiger partial charge < -0.3 is 5.11 Å². The molecule has 0 bridgehead atoms. The fourth-order valence-electron chi connectivity index (χ4n) is 3.05. The summed E-state index contributed by atoms with van der Waals surface area (Å²) in [6, 6.07) is 0. The van der Waals surface area contributed by atoms with Crippen LogP contribution in [0.3, 0.4) is 0 Å². The lowest BCUT2D eigenvalue weighted by Gasteiger charge is -2.44. The molecule has 0 radical (unpaired) electrons. The molecule has 0 aliphatic heterocycles. The average Bonchev–Trinajstić information content (AvgIpc) is 2.28. The first-order valence-electron chi connectivity index (χ1n) is 5.16. The Labute approximate surface area is 83.5 Å². The number of hydrogen-bond donors (Lipinski definition) is 1. The van der Waals surface area contributed by atoms with Gasteiger partial charge in [0, 0.05) is 12.8 Å². The van der Waals surface area contributed by atoms with Gasteiger partial charge in [-0.3, -0.25) is 9.59 Å². The van der Waals surface area contributed by atoms with Crippen molar-refractivity contribution in [2.24, 2.45) is 10.8 Å². The summed E-state index contributed by atoms with van der Waals surface area (Å²) in [6.45, 7) is 3.71. The summed E-state index contributed by atoms with van der Waals surface area (Å²) in [4.78, 5) is 23.3. The second kappa shape index (κ2) is 2.66. The van der Waals surface area contributed by atoms with Crippen molar-refractivity contribution >= 4 is 11.6 Å². The summed E-state index contributed by atoms with van der Waals surface area (Å²) in [6.07, 6.45) is 1.52. The molecular formula is C11H16O3. The molecule has 1 N–H and O–H groups in total. The van der Waals surface area contributed by atoms with Crippen LogP contribution in [0.2, 0.25) is 0 Å². The van der Waals surface area contributed by atoms with E-state index in [4.69, 9.17) is 0 Å². The molecule has 3 heteroatoms. The molecule has 2 saturated carbocycles. The fraction of sp³-hybridized carbons (Fsp3) is 0.818. The zero-order chi connectivity index (χ0) is 10.6. The molecule has 2 aliphatic rings. The fourth-order valence-corrected chi connectivity index (χ4v) is 3.05. The molecule has 3 atom stereocenters. The third kappa shape index (κ3) is 0.910. The van der Waals surface area contributed by atoms with Crippen molar-refractivity contribution in [1.29, 1.82) is 0 Å². The van der Waals surface area contributed by atoms with E-state index in [2.05, 4.69) is 0 Å². The van der Waals surface area contributed by atoms with Gasteiger partial charge in [-0.05, 0) is 25.2 Å². The van der Waals surface area contributed by atoms with Crippen LogP contribution in [0.1, 0.15) is 39.5 Å². The van der Waals surface area contributed by atoms with Crippen LogP contribution >= 0.6 is 0 Å². The number of carbonyl (C=O) groups is 2. The highest BCUT2D eigenvalue weighted by Crippen LogP contribution is 2.57. The van der Waals surface area contributed by atoms with Crippen molar-refractivity contribution in [1.82, 2.24) is 0 Å². The van der Waals surface area contributed by atoms with Crippen molar-refractivity contribution < 1.29 is 14.7 Å². The van der Waals surface area contributed by atoms with Crippen LogP contribution in [0.4, 0.5) is 0 Å². The molecule has 14 heavy (non-hydrogen) atoms. The number of Topliss-reactive ketones (excluding diaryl/α,β-unsaturated/α-hetero) is 2. The van der Waals surface area contributed by atoms with E-state index in [1.165, 1.54) is 0 Å². The Morgan fingerprint density at radius 3 is 2.57 bits per heavy atom. The molecule has 0 aromatic rings. The normalized spacial score (nSPS) is 48.1. The lowest BCUT2D eigenvalue weighted by atomic mass is 9.58. The lowest BCUT2D eigenvalue weighted by Crippen LogP contribution is -2.49. The van der Waals surface area contributed by atoms with Gasteiger partial charge in [0.25, 0.3) is 0 Å². The third-order valence-corrected chi connectivity index (χ3v) is 4.38. The van der Waals surface area contributed by atoms with E-state index >= 15 is 0 Å². The standard InChI is InChI=1S/C11H16O3/c1-10-5-3-4-8(13)11(10,2)9(14)7(12)6-10/h9,14H,3-6H2,1-2H3/t9-,10-,11+/m1/s1. The largest absolute Gasteiger partial charge is 0.384 e. The van der Waals surface area contributed by atoms with Crippen LogP contribution in [-0.2, 0) is 9.59 Å². The Balaban J connectivity index is 2.49. The van der Waals surface area contributed by atoms with Gasteiger partial charge in [-0.1, -0.05) is 6.92 Å². The predicted octanol–water partition coefficient (Wildman–Crippen LogP) is 1.09. The average molecular weight is 196 g/mol. The molecule has 0 saturated heterocycles. The lowest BCUT2D eigenvalue weighted by molar-refractivity contribution is -0.147. The molecule has 0 aromatic heterocycles. The number of ketones is 2. The zero-order valence-electron chi connectivity index (χ0n) is 8.67. The molecule has 0 heterocycles. The SMILES string of the molecule is C[C@]12CCCC(=O)[C@@]1(C)[C@H](O)C(=O)C2. The number of fused-ring (bicyclic) bond motifs is 1. The highest BCUT2D eigenvalue weighted by molar-refractivity contribution is 5.99. The van der Waals surface area contributed by atoms with E-state index in [9.17, 15) is 14.7 Å². The minimum Gasteiger partial charge on any atom is -0.384 e. The Kier molecular flexibility index (Phi) is 1.87. The molecule has 0 spiro atoms. The molecule has 2 fully saturated rings. The van der Waals surface area contributed by atoms with Crippen LogP contribution in [-0.4, -0.2) is 22.8 Å². The second-order valence-corrected chi connectivity index (χ2v) is 5.09. The van der Waals surface area contributed by atoms with Gasteiger partial charge in [0.1, 0.15) is 11.9 Å². The minimum absolute atomic E-state index is 0.0598. The van der Waals surface area contributed by atoms with Crippen LogP contribution in [0.25, 0.3) is 0 Å². The molecule has 0 amide bonds. The van der Waals surface area contributed by atoms with E-state index in [1.807, 2.05) is 6.92 Å². The first kappa shape index (κ1) is 9.84. The summed E-state index contributed by atoms with van der Waals surface area (Å²) in [5, 5.41) is 9.82. The summed E-state index contributed by atoms with van der Waals surface area (Å²) in [5.41, 5.74) is -1.12. The topological polar surface area (TPSA) is 54.4 Å². The summed E-state index contributed by atoms with van der Waals surface area (Å²) in [5.74, 6) is -0.102. The first-order valence-corrected chi connectivity index (χ1v) is 5.16. The molecule has 78 valence electrons. The first-order chi connectivity index (χ1) is 6.42. The van der Waals surface area contributed by atoms with Crippen molar-refractivity contribution in [3.8, 4) is 0 Å². The van der Waals surface area contributed by atoms with Crippen LogP contribution in [0.5, 0.6) is 0 Å². The maximum atomic E-state index is 11.8. The number of hydrogen-bond acceptors (Lipinski definition) is 3. The molecule has 2 rings (SSSR count). The number of aliphatic hydroxyl groups excluding tert-OH is 1. The van der Waals surface area contributed by atoms with E-state index in [0.717, 1.165) is 12.8 Å². The quantitative estimate of drug-likeness (QED) is 0.631. The molecule has 0 unspecified atom stereocenters. The van der Waals surface area contributed by atoms with Crippen molar-refractivity contribution in [2.75, 3.05) is 0 Å².